The molecule has 2 fully saturated rings. The average molecular weight is 716 g/mol. The maximum atomic E-state index is 11.7. The number of ether oxygens (including phenoxy) is 2. The second-order valence-corrected chi connectivity index (χ2v) is 14.2. The molecule has 2 atom stereocenters. The van der Waals surface area contributed by atoms with Gasteiger partial charge in [-0.25, -0.2) is 9.97 Å². The quantitative estimate of drug-likeness (QED) is 0.143. The summed E-state index contributed by atoms with van der Waals surface area (Å²) in [5, 5.41) is 7.63. The number of hydrogen-bond acceptors (Lipinski definition) is 7. The second-order valence-electron chi connectivity index (χ2n) is 13.4. The summed E-state index contributed by atoms with van der Waals surface area (Å²) in [6.45, 7) is 5.51. The highest BCUT2D eigenvalue weighted by Crippen LogP contribution is 2.43. The maximum Gasteiger partial charge on any atom is 0.220 e. The Hall–Kier alpha value is -3.98. The van der Waals surface area contributed by atoms with Gasteiger partial charge in [-0.1, -0.05) is 59.6 Å². The Kier molecular flexibility index (Phi) is 11.4. The van der Waals surface area contributed by atoms with Crippen LogP contribution in [0.5, 0.6) is 11.8 Å². The van der Waals surface area contributed by atoms with Crippen LogP contribution in [0, 0.1) is 19.8 Å². The molecule has 2 aromatic heterocycles. The van der Waals surface area contributed by atoms with E-state index in [9.17, 15) is 9.59 Å². The van der Waals surface area contributed by atoms with Crippen molar-refractivity contribution in [2.45, 2.75) is 77.8 Å². The van der Waals surface area contributed by atoms with Crippen molar-refractivity contribution in [1.82, 2.24) is 20.6 Å². The van der Waals surface area contributed by atoms with E-state index >= 15 is 0 Å². The average Bonchev–Trinajstić information content (AvgIpc) is 3.72. The van der Waals surface area contributed by atoms with Crippen LogP contribution in [0.4, 0.5) is 0 Å². The summed E-state index contributed by atoms with van der Waals surface area (Å²) in [6.07, 6.45) is 6.46. The van der Waals surface area contributed by atoms with Gasteiger partial charge in [0.05, 0.1) is 35.7 Å². The number of hydrogen-bond donors (Lipinski definition) is 2. The molecule has 1 aliphatic carbocycles. The predicted octanol–water partition coefficient (Wildman–Crippen LogP) is 8.48. The molecule has 8 nitrogen and oxygen atoms in total. The number of amides is 1. The van der Waals surface area contributed by atoms with Crippen LogP contribution in [0.15, 0.2) is 48.5 Å². The van der Waals surface area contributed by atoms with Gasteiger partial charge >= 0.3 is 0 Å². The van der Waals surface area contributed by atoms with Crippen molar-refractivity contribution < 1.29 is 19.1 Å². The van der Waals surface area contributed by atoms with E-state index in [1.165, 1.54) is 0 Å². The first-order chi connectivity index (χ1) is 24.2. The number of carbonyl (C=O) groups is 2. The van der Waals surface area contributed by atoms with Crippen molar-refractivity contribution in [3.8, 4) is 45.4 Å². The molecular formula is C40H44Cl2N4O4. The van der Waals surface area contributed by atoms with Crippen LogP contribution in [0.2, 0.25) is 10.0 Å². The maximum absolute atomic E-state index is 11.7. The van der Waals surface area contributed by atoms with E-state index in [0.717, 1.165) is 88.9 Å². The van der Waals surface area contributed by atoms with Gasteiger partial charge in [-0.2, -0.15) is 0 Å². The third-order valence-corrected chi connectivity index (χ3v) is 10.8. The van der Waals surface area contributed by atoms with Crippen molar-refractivity contribution in [3.63, 3.8) is 0 Å². The lowest BCUT2D eigenvalue weighted by atomic mass is 9.96. The third kappa shape index (κ3) is 7.83. The van der Waals surface area contributed by atoms with Crippen LogP contribution in [0.1, 0.15) is 67.2 Å². The van der Waals surface area contributed by atoms with E-state index in [4.69, 9.17) is 42.6 Å². The monoisotopic (exact) mass is 714 g/mol. The summed E-state index contributed by atoms with van der Waals surface area (Å²) in [4.78, 5) is 33.0. The second kappa shape index (κ2) is 15.9. The van der Waals surface area contributed by atoms with E-state index in [-0.39, 0.29) is 11.9 Å². The zero-order chi connectivity index (χ0) is 35.4. The molecule has 2 aliphatic rings. The summed E-state index contributed by atoms with van der Waals surface area (Å²) < 4.78 is 11.5. The van der Waals surface area contributed by atoms with Crippen molar-refractivity contribution in [3.05, 3.63) is 80.8 Å². The lowest BCUT2D eigenvalue weighted by molar-refractivity contribution is -0.119. The molecule has 262 valence electrons. The fraction of sp³-hybridized carbons (Fsp3) is 0.400. The van der Waals surface area contributed by atoms with Gasteiger partial charge < -0.3 is 20.1 Å². The molecule has 2 aromatic carbocycles. The van der Waals surface area contributed by atoms with E-state index in [1.807, 2.05) is 49.4 Å². The highest BCUT2D eigenvalue weighted by molar-refractivity contribution is 6.39. The molecule has 0 spiro atoms. The smallest absolute Gasteiger partial charge is 0.220 e. The fourth-order valence-electron chi connectivity index (χ4n) is 7.23. The summed E-state index contributed by atoms with van der Waals surface area (Å²) in [5.41, 5.74) is 8.70. The van der Waals surface area contributed by atoms with Gasteiger partial charge in [0.25, 0.3) is 0 Å². The lowest BCUT2D eigenvalue weighted by Gasteiger charge is -2.18. The van der Waals surface area contributed by atoms with Crippen LogP contribution in [-0.4, -0.2) is 48.5 Å². The first-order valence-electron chi connectivity index (χ1n) is 17.4. The molecule has 6 rings (SSSR count). The minimum atomic E-state index is 0.141. The molecule has 0 bridgehead atoms. The van der Waals surface area contributed by atoms with Gasteiger partial charge in [0.15, 0.2) is 0 Å². The van der Waals surface area contributed by atoms with E-state index in [0.29, 0.717) is 65.0 Å². The van der Waals surface area contributed by atoms with E-state index in [2.05, 4.69) is 23.6 Å². The van der Waals surface area contributed by atoms with Gasteiger partial charge in [-0.15, -0.1) is 0 Å². The van der Waals surface area contributed by atoms with Crippen LogP contribution >= 0.6 is 23.2 Å². The molecule has 1 amide bonds. The zero-order valence-electron chi connectivity index (χ0n) is 29.1. The first kappa shape index (κ1) is 35.8. The first-order valence-corrected chi connectivity index (χ1v) is 18.1. The standard InChI is InChI=1S/C40H44Cl2N4O4/c1-23-18-34(45-39(49-3)28(23)9-5-8-26-15-17-36(48)44-26)31-12-6-10-29(37(31)41)30-11-7-13-32(38(30)42)35-19-24(2)33(40(46-35)50-4)22-43-21-25-14-16-27(47)20-25/h6-7,10-13,18-19,25-26,43H,5,8-9,14-17,20-22H2,1-4H3,(H,44,48)/t25-,26-/m1/s1. The Morgan fingerprint density at radius 1 is 0.820 bits per heavy atom. The van der Waals surface area contributed by atoms with Crippen LogP contribution in [0.3, 0.4) is 0 Å². The highest BCUT2D eigenvalue weighted by atomic mass is 35.5. The molecule has 4 aromatic rings. The van der Waals surface area contributed by atoms with Crippen molar-refractivity contribution in [2.24, 2.45) is 5.92 Å². The summed E-state index contributed by atoms with van der Waals surface area (Å²) >= 11 is 14.3. The number of ketones is 1. The molecular weight excluding hydrogens is 671 g/mol. The largest absolute Gasteiger partial charge is 0.481 e. The fourth-order valence-corrected chi connectivity index (χ4v) is 7.88. The Labute approximate surface area is 304 Å². The minimum absolute atomic E-state index is 0.141. The number of aryl methyl sites for hydroxylation is 2. The summed E-state index contributed by atoms with van der Waals surface area (Å²) in [7, 11) is 3.27. The van der Waals surface area contributed by atoms with Gasteiger partial charge in [-0.3, -0.25) is 9.59 Å². The Balaban J connectivity index is 1.24. The minimum Gasteiger partial charge on any atom is -0.481 e. The Morgan fingerprint density at radius 2 is 1.40 bits per heavy atom. The zero-order valence-corrected chi connectivity index (χ0v) is 30.6. The molecule has 1 saturated heterocycles. The van der Waals surface area contributed by atoms with E-state index < -0.39 is 0 Å². The number of benzene rings is 2. The number of nitrogens with zero attached hydrogens (tertiary/aromatic N) is 2. The number of rotatable bonds is 13. The number of carbonyl (C=O) groups excluding carboxylic acids is 2. The van der Waals surface area contributed by atoms with Crippen molar-refractivity contribution in [1.29, 1.82) is 0 Å². The van der Waals surface area contributed by atoms with E-state index in [1.54, 1.807) is 14.2 Å². The molecule has 2 N–H and O–H groups in total. The molecule has 1 aliphatic heterocycles. The van der Waals surface area contributed by atoms with Crippen LogP contribution < -0.4 is 20.1 Å². The SMILES string of the molecule is COc1nc(-c2cccc(-c3cccc(-c4cc(C)c(CNC[C@@H]5CCC(=O)C5)c(OC)n4)c3Cl)c2Cl)cc(C)c1CCC[C@@H]1CCC(=O)N1. The van der Waals surface area contributed by atoms with Gasteiger partial charge in [0.1, 0.15) is 5.78 Å². The molecule has 1 saturated carbocycles. The molecule has 10 heteroatoms. The molecule has 0 radical (unpaired) electrons. The summed E-state index contributed by atoms with van der Waals surface area (Å²) in [5.74, 6) is 2.00. The Bertz CT molecular complexity index is 1780. The van der Waals surface area contributed by atoms with Gasteiger partial charge in [-0.05, 0) is 81.7 Å². The number of nitrogens with one attached hydrogen (secondary N) is 2. The van der Waals surface area contributed by atoms with Crippen molar-refractivity contribution >= 4 is 34.9 Å². The highest BCUT2D eigenvalue weighted by Gasteiger charge is 2.24. The number of aromatic nitrogens is 2. The number of Topliss-reactive ketones (excluding diaryl/α,β-unsaturated/α-hetero) is 1. The predicted molar refractivity (Wildman–Crippen MR) is 199 cm³/mol. The normalized spacial score (nSPS) is 17.3. The third-order valence-electron chi connectivity index (χ3n) is 9.99. The van der Waals surface area contributed by atoms with Gasteiger partial charge in [0.2, 0.25) is 17.7 Å². The molecule has 0 unspecified atom stereocenters. The summed E-state index contributed by atoms with van der Waals surface area (Å²) in [6, 6.07) is 16.1. The molecule has 50 heavy (non-hydrogen) atoms. The Morgan fingerprint density at radius 3 is 1.94 bits per heavy atom. The van der Waals surface area contributed by atoms with Crippen molar-refractivity contribution in [2.75, 3.05) is 20.8 Å². The number of halogens is 2. The molecule has 3 heterocycles. The van der Waals surface area contributed by atoms with Crippen LogP contribution in [-0.2, 0) is 22.6 Å². The topological polar surface area (TPSA) is 102 Å². The lowest BCUT2D eigenvalue weighted by Crippen LogP contribution is -2.25. The number of methoxy groups -OCH3 is 2. The van der Waals surface area contributed by atoms with Crippen LogP contribution in [0.25, 0.3) is 33.6 Å². The van der Waals surface area contributed by atoms with Gasteiger partial charge in [0, 0.05) is 65.2 Å². The number of pyridine rings is 2.